The average molecular weight is 635 g/mol. The van der Waals surface area contributed by atoms with E-state index in [0.717, 1.165) is 0 Å². The van der Waals surface area contributed by atoms with Crippen LogP contribution in [-0.2, 0) is 49.0 Å². The van der Waals surface area contributed by atoms with E-state index in [4.69, 9.17) is 35.6 Å². The lowest BCUT2D eigenvalue weighted by molar-refractivity contribution is -0.134. The van der Waals surface area contributed by atoms with Crippen molar-refractivity contribution in [1.82, 2.24) is 19.5 Å². The third-order valence-electron chi connectivity index (χ3n) is 3.91. The fraction of sp³-hybridized carbons (Fsp3) is 0.364. The number of nitrogens with zero attached hydrogens (tertiary/aromatic N) is 4. The van der Waals surface area contributed by atoms with Gasteiger partial charge in [-0.05, 0) is 20.8 Å². The van der Waals surface area contributed by atoms with E-state index in [1.165, 1.54) is 12.7 Å². The van der Waals surface area contributed by atoms with Gasteiger partial charge in [-0.3, -0.25) is 9.09 Å². The van der Waals surface area contributed by atoms with Crippen LogP contribution >= 0.6 is 7.60 Å². The van der Waals surface area contributed by atoms with Gasteiger partial charge in [-0.1, -0.05) is 0 Å². The Morgan fingerprint density at radius 1 is 0.930 bits per heavy atom. The molecule has 2 rings (SSSR count). The number of hydrogen-bond donors (Lipinski definition) is 6. The van der Waals surface area contributed by atoms with Crippen molar-refractivity contribution in [1.29, 1.82) is 0 Å². The Balaban J connectivity index is 0.000000903. The van der Waals surface area contributed by atoms with Gasteiger partial charge in [0, 0.05) is 24.3 Å². The summed E-state index contributed by atoms with van der Waals surface area (Å²) in [6.45, 7) is 4.56. The van der Waals surface area contributed by atoms with Gasteiger partial charge in [0.25, 0.3) is 0 Å². The lowest BCUT2D eigenvalue weighted by atomic mass is 10.4. The van der Waals surface area contributed by atoms with Crippen LogP contribution in [0.15, 0.2) is 37.0 Å². The van der Waals surface area contributed by atoms with E-state index in [-0.39, 0.29) is 11.9 Å². The van der Waals surface area contributed by atoms with Crippen LogP contribution in [-0.4, -0.2) is 100 Å². The average Bonchev–Trinajstić information content (AvgIpc) is 3.29. The molecule has 21 heteroatoms. The number of ether oxygens (including phenoxy) is 3. The summed E-state index contributed by atoms with van der Waals surface area (Å²) in [6, 6.07) is 0. The Bertz CT molecular complexity index is 1290. The Labute approximate surface area is 242 Å². The summed E-state index contributed by atoms with van der Waals surface area (Å²) in [4.78, 5) is 71.2. The molecule has 0 bridgehead atoms. The molecule has 2 heterocycles. The smallest absolute Gasteiger partial charge is 0.478 e. The van der Waals surface area contributed by atoms with Crippen LogP contribution in [0.2, 0.25) is 0 Å². The van der Waals surface area contributed by atoms with Crippen LogP contribution in [0.3, 0.4) is 0 Å². The van der Waals surface area contributed by atoms with Crippen LogP contribution in [0.4, 0.5) is 10.6 Å². The van der Waals surface area contributed by atoms with Crippen molar-refractivity contribution in [3.05, 3.63) is 37.0 Å². The van der Waals surface area contributed by atoms with Crippen molar-refractivity contribution in [3.8, 4) is 0 Å². The highest BCUT2D eigenvalue weighted by Crippen LogP contribution is 2.42. The second-order valence-corrected chi connectivity index (χ2v) is 9.69. The minimum atomic E-state index is -4.11. The highest BCUT2D eigenvalue weighted by atomic mass is 31.2. The van der Waals surface area contributed by atoms with Gasteiger partial charge in [0.2, 0.25) is 6.79 Å². The Kier molecular flexibility index (Phi) is 17.1. The molecule has 43 heavy (non-hydrogen) atoms. The molecule has 0 aromatic carbocycles. The highest BCUT2D eigenvalue weighted by Gasteiger charge is 2.23. The minimum absolute atomic E-state index is 0.261. The Morgan fingerprint density at radius 3 is 1.91 bits per heavy atom. The summed E-state index contributed by atoms with van der Waals surface area (Å²) < 4.78 is 32.8. The molecule has 0 aliphatic heterocycles. The van der Waals surface area contributed by atoms with Gasteiger partial charge < -0.3 is 49.8 Å². The maximum absolute atomic E-state index is 11.9. The molecule has 0 amide bonds. The fourth-order valence-corrected chi connectivity index (χ4v) is 3.02. The van der Waals surface area contributed by atoms with Crippen molar-refractivity contribution >= 4 is 54.6 Å². The number of carbonyl (C=O) groups excluding carboxylic acids is 1. The molecular formula is C22H30N5O15P. The number of aliphatic carboxylic acids is 4. The van der Waals surface area contributed by atoms with Crippen LogP contribution in [0, 0.1) is 0 Å². The van der Waals surface area contributed by atoms with Gasteiger partial charge >= 0.3 is 37.6 Å². The van der Waals surface area contributed by atoms with E-state index in [1.807, 2.05) is 0 Å². The molecule has 0 saturated heterocycles. The number of carboxylic acids is 4. The first-order valence-electron chi connectivity index (χ1n) is 11.5. The predicted octanol–water partition coefficient (Wildman–Crippen LogP) is 0.916. The molecule has 2 aromatic rings. The van der Waals surface area contributed by atoms with E-state index in [9.17, 15) is 33.4 Å². The minimum Gasteiger partial charge on any atom is -0.478 e. The Hall–Kier alpha value is -4.91. The molecule has 2 atom stereocenters. The van der Waals surface area contributed by atoms with Crippen molar-refractivity contribution in [2.75, 3.05) is 18.9 Å². The van der Waals surface area contributed by atoms with E-state index >= 15 is 0 Å². The normalized spacial score (nSPS) is 12.9. The molecule has 0 radical (unpaired) electrons. The quantitative estimate of drug-likeness (QED) is 0.0770. The largest absolute Gasteiger partial charge is 0.510 e. The topological polar surface area (TPSA) is 310 Å². The monoisotopic (exact) mass is 635 g/mol. The zero-order valence-corrected chi connectivity index (χ0v) is 23.8. The lowest BCUT2D eigenvalue weighted by Crippen LogP contribution is -2.18. The van der Waals surface area contributed by atoms with E-state index in [2.05, 4.69) is 24.2 Å². The third-order valence-corrected chi connectivity index (χ3v) is 4.89. The molecule has 238 valence electrons. The lowest BCUT2D eigenvalue weighted by Gasteiger charge is -2.17. The first-order chi connectivity index (χ1) is 19.9. The fourth-order valence-electron chi connectivity index (χ4n) is 2.29. The highest BCUT2D eigenvalue weighted by molar-refractivity contribution is 7.52. The first-order valence-corrected chi connectivity index (χ1v) is 13.3. The van der Waals surface area contributed by atoms with Crippen LogP contribution in [0.1, 0.15) is 20.8 Å². The van der Waals surface area contributed by atoms with Crippen molar-refractivity contribution in [3.63, 3.8) is 0 Å². The number of carboxylic acid groups (broad SMARTS) is 4. The first kappa shape index (κ1) is 38.1. The maximum atomic E-state index is 11.9. The van der Waals surface area contributed by atoms with E-state index in [0.29, 0.717) is 42.0 Å². The zero-order chi connectivity index (χ0) is 33.2. The summed E-state index contributed by atoms with van der Waals surface area (Å²) in [5.74, 6) is -4.77. The number of carbonyl (C=O) groups is 5. The van der Waals surface area contributed by atoms with Crippen LogP contribution in [0.5, 0.6) is 0 Å². The molecule has 0 aliphatic rings. The van der Waals surface area contributed by atoms with Crippen LogP contribution < -0.4 is 5.73 Å². The summed E-state index contributed by atoms with van der Waals surface area (Å²) in [6.07, 6.45) is 2.67. The van der Waals surface area contributed by atoms with Crippen molar-refractivity contribution < 1.29 is 72.6 Å². The van der Waals surface area contributed by atoms with E-state index in [1.54, 1.807) is 25.3 Å². The van der Waals surface area contributed by atoms with Gasteiger partial charge in [-0.15, -0.1) is 0 Å². The number of imidazole rings is 1. The molecule has 0 saturated carbocycles. The van der Waals surface area contributed by atoms with Gasteiger partial charge in [0.1, 0.15) is 18.2 Å². The molecular weight excluding hydrogens is 605 g/mol. The number of nitrogen functional groups attached to an aromatic ring is 1. The number of rotatable bonds is 13. The Morgan fingerprint density at radius 2 is 1.44 bits per heavy atom. The zero-order valence-electron chi connectivity index (χ0n) is 22.9. The second kappa shape index (κ2) is 19.3. The molecule has 0 fully saturated rings. The summed E-state index contributed by atoms with van der Waals surface area (Å²) in [5.41, 5.74) is 6.71. The maximum Gasteiger partial charge on any atom is 0.510 e. The molecule has 2 aromatic heterocycles. The number of aromatic nitrogens is 4. The van der Waals surface area contributed by atoms with Crippen molar-refractivity contribution in [2.24, 2.45) is 0 Å². The molecule has 1 unspecified atom stereocenters. The van der Waals surface area contributed by atoms with Gasteiger partial charge in [0.15, 0.2) is 11.5 Å². The number of fused-ring (bicyclic) bond motifs is 1. The molecule has 0 aliphatic carbocycles. The van der Waals surface area contributed by atoms with Crippen LogP contribution in [0.25, 0.3) is 11.2 Å². The summed E-state index contributed by atoms with van der Waals surface area (Å²) >= 11 is 0. The third kappa shape index (κ3) is 19.0. The number of nitrogens with two attached hydrogens (primary N) is 1. The number of anilines is 1. The van der Waals surface area contributed by atoms with Crippen molar-refractivity contribution in [2.45, 2.75) is 39.5 Å². The predicted molar refractivity (Wildman–Crippen MR) is 142 cm³/mol. The van der Waals surface area contributed by atoms with Gasteiger partial charge in [-0.2, -0.15) is 0 Å². The second-order valence-electron chi connectivity index (χ2n) is 7.90. The molecule has 7 N–H and O–H groups in total. The molecule has 20 nitrogen and oxygen atoms in total. The SMILES string of the molecule is CC(C)OC(=O)OCOP(=O)(O)CO[C@H](C)Cn1cnc2c(N)ncnc21.O=C(O)/C=C/C(=O)O.O=C(O)/C=C/C(=O)O. The molecule has 0 spiro atoms. The summed E-state index contributed by atoms with van der Waals surface area (Å²) in [7, 11) is -4.11. The standard InChI is InChI=1S/C14H22N5O7P.2C4H4O4/c1-9(2)26-14(20)23-7-25-27(21,22)8-24-10(3)4-19-6-18-11-12(15)16-5-17-13(11)19;2*5-3(6)1-2-4(7)8/h5-6,9-10H,4,7-8H2,1-3H3,(H,21,22)(H2,15,16,17);2*1-2H,(H,5,6)(H,7,8)/b;2*2-1+/t10-;;/m1../s1. The van der Waals surface area contributed by atoms with Gasteiger partial charge in [-0.25, -0.2) is 38.9 Å². The van der Waals surface area contributed by atoms with Gasteiger partial charge in [0.05, 0.1) is 25.1 Å². The van der Waals surface area contributed by atoms with E-state index < -0.39 is 56.9 Å². The summed E-state index contributed by atoms with van der Waals surface area (Å²) in [5, 5.41) is 31.2. The number of hydrogen-bond acceptors (Lipinski definition) is 14.